The molecular formula is C21H23ClN4O3S. The van der Waals surface area contributed by atoms with Crippen LogP contribution < -0.4 is 9.62 Å². The van der Waals surface area contributed by atoms with E-state index in [2.05, 4.69) is 14.7 Å². The minimum Gasteiger partial charge on any atom is -0.378 e. The summed E-state index contributed by atoms with van der Waals surface area (Å²) >= 11 is 6.01. The second-order valence-electron chi connectivity index (χ2n) is 7.18. The van der Waals surface area contributed by atoms with Crippen molar-refractivity contribution >= 4 is 33.0 Å². The van der Waals surface area contributed by atoms with Crippen molar-refractivity contribution in [2.24, 2.45) is 7.05 Å². The Morgan fingerprint density at radius 1 is 1.10 bits per heavy atom. The Hall–Kier alpha value is -2.55. The van der Waals surface area contributed by atoms with E-state index in [-0.39, 0.29) is 5.03 Å². The average molecular weight is 447 g/mol. The number of ether oxygens (including phenoxy) is 1. The molecule has 0 atom stereocenters. The van der Waals surface area contributed by atoms with E-state index in [1.807, 2.05) is 36.4 Å². The Labute approximate surface area is 181 Å². The minimum atomic E-state index is -3.76. The highest BCUT2D eigenvalue weighted by atomic mass is 35.5. The standard InChI is InChI=1S/C21H23ClN4O3S/c1-25-9-8-21(23-25)30(27,28)24-19-7-4-17(14-16-2-5-18(22)6-3-16)20(15-19)26-10-12-29-13-11-26/h2-9,15,24H,10-14H2,1H3. The van der Waals surface area contributed by atoms with Crippen LogP contribution >= 0.6 is 11.6 Å². The van der Waals surface area contributed by atoms with E-state index in [0.717, 1.165) is 36.3 Å². The lowest BCUT2D eigenvalue weighted by Crippen LogP contribution is -2.36. The molecule has 2 aromatic carbocycles. The van der Waals surface area contributed by atoms with Crippen LogP contribution in [-0.4, -0.2) is 44.5 Å². The zero-order valence-corrected chi connectivity index (χ0v) is 18.2. The van der Waals surface area contributed by atoms with Gasteiger partial charge in [-0.2, -0.15) is 13.5 Å². The fraction of sp³-hybridized carbons (Fsp3) is 0.286. The van der Waals surface area contributed by atoms with Gasteiger partial charge in [-0.1, -0.05) is 29.8 Å². The summed E-state index contributed by atoms with van der Waals surface area (Å²) in [5.74, 6) is 0. The van der Waals surface area contributed by atoms with Crippen LogP contribution in [0.1, 0.15) is 11.1 Å². The molecule has 1 N–H and O–H groups in total. The van der Waals surface area contributed by atoms with E-state index in [1.54, 1.807) is 19.3 Å². The molecule has 0 unspecified atom stereocenters. The molecule has 0 saturated carbocycles. The molecule has 2 heterocycles. The lowest BCUT2D eigenvalue weighted by Gasteiger charge is -2.31. The first-order chi connectivity index (χ1) is 14.4. The first-order valence-electron chi connectivity index (χ1n) is 9.63. The Kier molecular flexibility index (Phi) is 5.99. The van der Waals surface area contributed by atoms with Gasteiger partial charge in [0.1, 0.15) is 0 Å². The smallest absolute Gasteiger partial charge is 0.281 e. The fourth-order valence-electron chi connectivity index (χ4n) is 3.44. The van der Waals surface area contributed by atoms with Crippen molar-refractivity contribution in [3.05, 3.63) is 70.9 Å². The Balaban J connectivity index is 1.65. The number of morpholine rings is 1. The molecule has 0 aliphatic carbocycles. The summed E-state index contributed by atoms with van der Waals surface area (Å²) in [6, 6.07) is 14.9. The Morgan fingerprint density at radius 3 is 2.50 bits per heavy atom. The monoisotopic (exact) mass is 446 g/mol. The normalized spacial score (nSPS) is 14.7. The van der Waals surface area contributed by atoms with E-state index in [0.29, 0.717) is 23.9 Å². The number of nitrogens with zero attached hydrogens (tertiary/aromatic N) is 3. The van der Waals surface area contributed by atoms with Gasteiger partial charge in [-0.15, -0.1) is 0 Å². The van der Waals surface area contributed by atoms with Gasteiger partial charge >= 0.3 is 0 Å². The van der Waals surface area contributed by atoms with Crippen LogP contribution in [0.2, 0.25) is 5.02 Å². The van der Waals surface area contributed by atoms with Crippen LogP contribution in [0.5, 0.6) is 0 Å². The van der Waals surface area contributed by atoms with Gasteiger partial charge in [-0.3, -0.25) is 9.40 Å². The molecule has 1 aliphatic heterocycles. The molecule has 9 heteroatoms. The number of benzene rings is 2. The van der Waals surface area contributed by atoms with Gasteiger partial charge in [-0.25, -0.2) is 0 Å². The third-order valence-corrected chi connectivity index (χ3v) is 6.49. The van der Waals surface area contributed by atoms with Crippen molar-refractivity contribution in [2.45, 2.75) is 11.4 Å². The van der Waals surface area contributed by atoms with Crippen LogP contribution in [0.15, 0.2) is 59.8 Å². The zero-order valence-electron chi connectivity index (χ0n) is 16.6. The maximum absolute atomic E-state index is 12.7. The highest BCUT2D eigenvalue weighted by Crippen LogP contribution is 2.29. The van der Waals surface area contributed by atoms with Crippen molar-refractivity contribution in [1.29, 1.82) is 0 Å². The van der Waals surface area contributed by atoms with E-state index >= 15 is 0 Å². The van der Waals surface area contributed by atoms with E-state index in [1.165, 1.54) is 10.7 Å². The highest BCUT2D eigenvalue weighted by Gasteiger charge is 2.20. The largest absolute Gasteiger partial charge is 0.378 e. The Morgan fingerprint density at radius 2 is 1.83 bits per heavy atom. The number of rotatable bonds is 6. The van der Waals surface area contributed by atoms with Crippen LogP contribution in [0.4, 0.5) is 11.4 Å². The van der Waals surface area contributed by atoms with Crippen LogP contribution in [0.3, 0.4) is 0 Å². The molecule has 1 aliphatic rings. The molecular weight excluding hydrogens is 424 g/mol. The fourth-order valence-corrected chi connectivity index (χ4v) is 4.59. The van der Waals surface area contributed by atoms with Crippen molar-refractivity contribution in [3.8, 4) is 0 Å². The molecule has 0 spiro atoms. The van der Waals surface area contributed by atoms with Crippen molar-refractivity contribution < 1.29 is 13.2 Å². The predicted octanol–water partition coefficient (Wildman–Crippen LogP) is 3.30. The first-order valence-corrected chi connectivity index (χ1v) is 11.5. The molecule has 3 aromatic rings. The number of sulfonamides is 1. The lowest BCUT2D eigenvalue weighted by atomic mass is 10.0. The third-order valence-electron chi connectivity index (χ3n) is 4.96. The van der Waals surface area contributed by atoms with Crippen molar-refractivity contribution in [1.82, 2.24) is 9.78 Å². The summed E-state index contributed by atoms with van der Waals surface area (Å²) in [7, 11) is -2.07. The number of halogens is 1. The molecule has 1 saturated heterocycles. The molecule has 0 amide bonds. The molecule has 30 heavy (non-hydrogen) atoms. The predicted molar refractivity (Wildman–Crippen MR) is 118 cm³/mol. The third kappa shape index (κ3) is 4.77. The SMILES string of the molecule is Cn1ccc(S(=O)(=O)Nc2ccc(Cc3ccc(Cl)cc3)c(N3CCOCC3)c2)n1. The molecule has 0 radical (unpaired) electrons. The van der Waals surface area contributed by atoms with E-state index in [9.17, 15) is 8.42 Å². The summed E-state index contributed by atoms with van der Waals surface area (Å²) < 4.78 is 34.9. The number of aromatic nitrogens is 2. The molecule has 7 nitrogen and oxygen atoms in total. The van der Waals surface area contributed by atoms with Crippen LogP contribution in [0.25, 0.3) is 0 Å². The van der Waals surface area contributed by atoms with Crippen LogP contribution in [0, 0.1) is 0 Å². The summed E-state index contributed by atoms with van der Waals surface area (Å²) in [4.78, 5) is 2.23. The topological polar surface area (TPSA) is 76.5 Å². The quantitative estimate of drug-likeness (QED) is 0.628. The maximum Gasteiger partial charge on any atom is 0.281 e. The molecule has 1 aromatic heterocycles. The van der Waals surface area contributed by atoms with Gasteiger partial charge in [-0.05, 0) is 47.9 Å². The minimum absolute atomic E-state index is 0.0110. The second-order valence-corrected chi connectivity index (χ2v) is 9.25. The van der Waals surface area contributed by atoms with Gasteiger partial charge in [0.25, 0.3) is 10.0 Å². The summed E-state index contributed by atoms with van der Waals surface area (Å²) in [5, 5.41) is 4.69. The molecule has 1 fully saturated rings. The Bertz CT molecular complexity index is 1120. The second kappa shape index (κ2) is 8.67. The summed E-state index contributed by atoms with van der Waals surface area (Å²) in [6.07, 6.45) is 2.32. The number of nitrogens with one attached hydrogen (secondary N) is 1. The van der Waals surface area contributed by atoms with Gasteiger partial charge < -0.3 is 9.64 Å². The van der Waals surface area contributed by atoms with Crippen molar-refractivity contribution in [2.75, 3.05) is 35.9 Å². The van der Waals surface area contributed by atoms with Gasteiger partial charge in [0, 0.05) is 37.0 Å². The average Bonchev–Trinajstić information content (AvgIpc) is 3.19. The van der Waals surface area contributed by atoms with Gasteiger partial charge in [0.2, 0.25) is 0 Å². The maximum atomic E-state index is 12.7. The van der Waals surface area contributed by atoms with Gasteiger partial charge in [0.15, 0.2) is 5.03 Å². The number of hydrogen-bond donors (Lipinski definition) is 1. The van der Waals surface area contributed by atoms with Crippen LogP contribution in [-0.2, 0) is 28.2 Å². The first kappa shape index (κ1) is 20.7. The molecule has 0 bridgehead atoms. The zero-order chi connectivity index (χ0) is 21.1. The number of aryl methyl sites for hydroxylation is 1. The highest BCUT2D eigenvalue weighted by molar-refractivity contribution is 7.92. The molecule has 158 valence electrons. The summed E-state index contributed by atoms with van der Waals surface area (Å²) in [5.41, 5.74) is 3.74. The number of anilines is 2. The van der Waals surface area contributed by atoms with E-state index in [4.69, 9.17) is 16.3 Å². The van der Waals surface area contributed by atoms with Gasteiger partial charge in [0.05, 0.1) is 18.9 Å². The lowest BCUT2D eigenvalue weighted by molar-refractivity contribution is 0.122. The van der Waals surface area contributed by atoms with Crippen molar-refractivity contribution in [3.63, 3.8) is 0 Å². The summed E-state index contributed by atoms with van der Waals surface area (Å²) in [6.45, 7) is 2.79. The van der Waals surface area contributed by atoms with E-state index < -0.39 is 10.0 Å². The number of hydrogen-bond acceptors (Lipinski definition) is 5. The molecule has 4 rings (SSSR count).